The van der Waals surface area contributed by atoms with Crippen molar-refractivity contribution in [3.8, 4) is 0 Å². The third kappa shape index (κ3) is 4.20. The van der Waals surface area contributed by atoms with Crippen LogP contribution in [0.15, 0.2) is 0 Å². The zero-order valence-electron chi connectivity index (χ0n) is 11.3. The van der Waals surface area contributed by atoms with E-state index in [1.54, 1.807) is 0 Å². The molecule has 1 atom stereocenters. The second kappa shape index (κ2) is 6.37. The second-order valence-electron chi connectivity index (χ2n) is 5.80. The highest BCUT2D eigenvalue weighted by Gasteiger charge is 2.37. The first kappa shape index (κ1) is 14.3. The molecule has 1 aliphatic heterocycles. The van der Waals surface area contributed by atoms with E-state index in [0.717, 1.165) is 51.6 Å². The maximum Gasteiger partial charge on any atom is 0.305 e. The van der Waals surface area contributed by atoms with Gasteiger partial charge in [0.2, 0.25) is 5.91 Å². The zero-order chi connectivity index (χ0) is 13.7. The van der Waals surface area contributed by atoms with Crippen LogP contribution in [0.2, 0.25) is 0 Å². The third-order valence-electron chi connectivity index (χ3n) is 4.14. The molecule has 5 nitrogen and oxygen atoms in total. The highest BCUT2D eigenvalue weighted by Crippen LogP contribution is 2.33. The van der Waals surface area contributed by atoms with E-state index in [-0.39, 0.29) is 18.4 Å². The number of nitrogens with one attached hydrogen (secondary N) is 1. The van der Waals surface area contributed by atoms with Gasteiger partial charge in [0, 0.05) is 6.61 Å². The normalized spacial score (nSPS) is 26.0. The molecule has 2 fully saturated rings. The van der Waals surface area contributed by atoms with Crippen molar-refractivity contribution in [3.63, 3.8) is 0 Å². The highest BCUT2D eigenvalue weighted by molar-refractivity contribution is 5.78. The average molecular weight is 269 g/mol. The first-order valence-corrected chi connectivity index (χ1v) is 7.24. The smallest absolute Gasteiger partial charge is 0.305 e. The fraction of sp³-hybridized carbons (Fsp3) is 0.857. The molecule has 0 aromatic rings. The summed E-state index contributed by atoms with van der Waals surface area (Å²) < 4.78 is 5.55. The Morgan fingerprint density at radius 3 is 2.53 bits per heavy atom. The van der Waals surface area contributed by atoms with Gasteiger partial charge in [0.15, 0.2) is 0 Å². The molecular formula is C14H23NO4. The van der Waals surface area contributed by atoms with E-state index in [2.05, 4.69) is 5.32 Å². The molecule has 0 spiro atoms. The standard InChI is InChI=1S/C14H23NO4/c16-12(9-11-5-1-4-8-19-11)15-14(10-13(17)18)6-2-3-7-14/h11H,1-10H2,(H,15,16)(H,17,18). The molecule has 1 saturated carbocycles. The Balaban J connectivity index is 1.86. The molecule has 0 bridgehead atoms. The minimum Gasteiger partial charge on any atom is -0.481 e. The quantitative estimate of drug-likeness (QED) is 0.798. The Labute approximate surface area is 113 Å². The highest BCUT2D eigenvalue weighted by atomic mass is 16.5. The van der Waals surface area contributed by atoms with E-state index < -0.39 is 11.5 Å². The van der Waals surface area contributed by atoms with Gasteiger partial charge in [0.1, 0.15) is 0 Å². The van der Waals surface area contributed by atoms with Crippen molar-refractivity contribution < 1.29 is 19.4 Å². The number of carboxylic acids is 1. The molecule has 5 heteroatoms. The molecular weight excluding hydrogens is 246 g/mol. The lowest BCUT2D eigenvalue weighted by atomic mass is 9.92. The van der Waals surface area contributed by atoms with Gasteiger partial charge in [0.05, 0.1) is 24.5 Å². The number of ether oxygens (including phenoxy) is 1. The zero-order valence-corrected chi connectivity index (χ0v) is 11.3. The number of amides is 1. The average Bonchev–Trinajstić information content (AvgIpc) is 2.77. The minimum absolute atomic E-state index is 0.0111. The molecule has 0 aromatic heterocycles. The van der Waals surface area contributed by atoms with Gasteiger partial charge in [0.25, 0.3) is 0 Å². The first-order chi connectivity index (χ1) is 9.10. The van der Waals surface area contributed by atoms with Gasteiger partial charge in [-0.3, -0.25) is 9.59 Å². The van der Waals surface area contributed by atoms with Gasteiger partial charge < -0.3 is 15.2 Å². The van der Waals surface area contributed by atoms with Gasteiger partial charge in [-0.25, -0.2) is 0 Å². The largest absolute Gasteiger partial charge is 0.481 e. The number of aliphatic carboxylic acids is 1. The van der Waals surface area contributed by atoms with Crippen molar-refractivity contribution in [2.45, 2.75) is 69.4 Å². The van der Waals surface area contributed by atoms with Crippen LogP contribution in [-0.4, -0.2) is 35.2 Å². The summed E-state index contributed by atoms with van der Waals surface area (Å²) in [4.78, 5) is 23.0. The molecule has 2 aliphatic rings. The van der Waals surface area contributed by atoms with Gasteiger partial charge in [-0.1, -0.05) is 12.8 Å². The number of carboxylic acid groups (broad SMARTS) is 1. The summed E-state index contributed by atoms with van der Waals surface area (Å²) in [6.07, 6.45) is 7.05. The van der Waals surface area contributed by atoms with E-state index in [1.807, 2.05) is 0 Å². The van der Waals surface area contributed by atoms with Crippen LogP contribution >= 0.6 is 0 Å². The third-order valence-corrected chi connectivity index (χ3v) is 4.14. The lowest BCUT2D eigenvalue weighted by Gasteiger charge is -2.30. The van der Waals surface area contributed by atoms with E-state index >= 15 is 0 Å². The topological polar surface area (TPSA) is 75.6 Å². The lowest BCUT2D eigenvalue weighted by molar-refractivity contribution is -0.139. The molecule has 0 aromatic carbocycles. The summed E-state index contributed by atoms with van der Waals surface area (Å²) >= 11 is 0. The van der Waals surface area contributed by atoms with Gasteiger partial charge in [-0.05, 0) is 32.1 Å². The van der Waals surface area contributed by atoms with Crippen LogP contribution in [0.25, 0.3) is 0 Å². The Morgan fingerprint density at radius 1 is 1.21 bits per heavy atom. The van der Waals surface area contributed by atoms with Crippen LogP contribution in [0, 0.1) is 0 Å². The summed E-state index contributed by atoms with van der Waals surface area (Å²) in [7, 11) is 0. The van der Waals surface area contributed by atoms with E-state index in [9.17, 15) is 9.59 Å². The first-order valence-electron chi connectivity index (χ1n) is 7.24. The fourth-order valence-electron chi connectivity index (χ4n) is 3.21. The Morgan fingerprint density at radius 2 is 1.95 bits per heavy atom. The Hall–Kier alpha value is -1.10. The van der Waals surface area contributed by atoms with Gasteiger partial charge in [-0.2, -0.15) is 0 Å². The molecule has 1 saturated heterocycles. The summed E-state index contributed by atoms with van der Waals surface area (Å²) in [5.41, 5.74) is -0.516. The van der Waals surface area contributed by atoms with Crippen molar-refractivity contribution in [2.24, 2.45) is 0 Å². The number of hydrogen-bond donors (Lipinski definition) is 2. The fourth-order valence-corrected chi connectivity index (χ4v) is 3.21. The monoisotopic (exact) mass is 269 g/mol. The van der Waals surface area contributed by atoms with Crippen LogP contribution in [0.1, 0.15) is 57.8 Å². The van der Waals surface area contributed by atoms with Crippen LogP contribution in [0.5, 0.6) is 0 Å². The number of rotatable bonds is 5. The predicted molar refractivity (Wildman–Crippen MR) is 69.8 cm³/mol. The molecule has 0 radical (unpaired) electrons. The number of carbonyl (C=O) groups excluding carboxylic acids is 1. The van der Waals surface area contributed by atoms with E-state index in [1.165, 1.54) is 0 Å². The van der Waals surface area contributed by atoms with E-state index in [0.29, 0.717) is 6.42 Å². The van der Waals surface area contributed by atoms with Crippen LogP contribution < -0.4 is 5.32 Å². The van der Waals surface area contributed by atoms with Crippen molar-refractivity contribution in [1.82, 2.24) is 5.32 Å². The molecule has 1 aliphatic carbocycles. The maximum atomic E-state index is 12.1. The van der Waals surface area contributed by atoms with Crippen molar-refractivity contribution in [2.75, 3.05) is 6.61 Å². The number of carbonyl (C=O) groups is 2. The second-order valence-corrected chi connectivity index (χ2v) is 5.80. The SMILES string of the molecule is O=C(O)CC1(NC(=O)CC2CCCCO2)CCCC1. The maximum absolute atomic E-state index is 12.1. The summed E-state index contributed by atoms with van der Waals surface area (Å²) in [5.74, 6) is -0.897. The Bertz CT molecular complexity index is 330. The van der Waals surface area contributed by atoms with Gasteiger partial charge >= 0.3 is 5.97 Å². The molecule has 1 unspecified atom stereocenters. The lowest BCUT2D eigenvalue weighted by Crippen LogP contribution is -2.48. The van der Waals surface area contributed by atoms with Gasteiger partial charge in [-0.15, -0.1) is 0 Å². The Kier molecular flexibility index (Phi) is 4.80. The molecule has 1 heterocycles. The molecule has 1 amide bonds. The summed E-state index contributed by atoms with van der Waals surface area (Å²) in [6, 6.07) is 0. The van der Waals surface area contributed by atoms with Crippen LogP contribution in [0.4, 0.5) is 0 Å². The molecule has 108 valence electrons. The van der Waals surface area contributed by atoms with Crippen molar-refractivity contribution >= 4 is 11.9 Å². The number of hydrogen-bond acceptors (Lipinski definition) is 3. The summed E-state index contributed by atoms with van der Waals surface area (Å²) in [6.45, 7) is 0.734. The van der Waals surface area contributed by atoms with Crippen molar-refractivity contribution in [3.05, 3.63) is 0 Å². The van der Waals surface area contributed by atoms with Crippen molar-refractivity contribution in [1.29, 1.82) is 0 Å². The molecule has 19 heavy (non-hydrogen) atoms. The molecule has 2 N–H and O–H groups in total. The van der Waals surface area contributed by atoms with Crippen LogP contribution in [-0.2, 0) is 14.3 Å². The van der Waals surface area contributed by atoms with E-state index in [4.69, 9.17) is 9.84 Å². The van der Waals surface area contributed by atoms with Crippen LogP contribution in [0.3, 0.4) is 0 Å². The minimum atomic E-state index is -0.837. The predicted octanol–water partition coefficient (Wildman–Crippen LogP) is 1.85. The molecule has 2 rings (SSSR count). The summed E-state index contributed by atoms with van der Waals surface area (Å²) in [5, 5.41) is 12.0.